The fraction of sp³-hybridized carbons (Fsp3) is 0.579. The molecule has 1 fully saturated rings. The first kappa shape index (κ1) is 19.2. The summed E-state index contributed by atoms with van der Waals surface area (Å²) in [6, 6.07) is 5.48. The molecule has 1 saturated heterocycles. The second-order valence-corrected chi connectivity index (χ2v) is 6.60. The maximum atomic E-state index is 12.7. The van der Waals surface area contributed by atoms with E-state index in [2.05, 4.69) is 17.6 Å². The number of piperidine rings is 1. The summed E-state index contributed by atoms with van der Waals surface area (Å²) in [4.78, 5) is 26.6. The van der Waals surface area contributed by atoms with Crippen LogP contribution in [-0.4, -0.2) is 49.7 Å². The van der Waals surface area contributed by atoms with Gasteiger partial charge in [-0.25, -0.2) is 4.79 Å². The van der Waals surface area contributed by atoms with Crippen molar-refractivity contribution in [2.45, 2.75) is 45.6 Å². The van der Waals surface area contributed by atoms with E-state index in [4.69, 9.17) is 4.74 Å². The zero-order chi connectivity index (χ0) is 18.2. The number of carbonyl (C=O) groups is 2. The van der Waals surface area contributed by atoms with Crippen LogP contribution < -0.4 is 10.6 Å². The molecule has 0 saturated carbocycles. The van der Waals surface area contributed by atoms with Crippen LogP contribution in [0.25, 0.3) is 0 Å². The molecule has 25 heavy (non-hydrogen) atoms. The van der Waals surface area contributed by atoms with Gasteiger partial charge in [0.1, 0.15) is 0 Å². The molecular weight excluding hydrogens is 318 g/mol. The molecule has 1 atom stereocenters. The minimum absolute atomic E-state index is 0.0749. The lowest BCUT2D eigenvalue weighted by atomic mass is 10.0. The maximum Gasteiger partial charge on any atom is 0.319 e. The Morgan fingerprint density at radius 3 is 2.80 bits per heavy atom. The Balaban J connectivity index is 1.95. The van der Waals surface area contributed by atoms with E-state index in [-0.39, 0.29) is 18.0 Å². The first-order chi connectivity index (χ1) is 12.0. The van der Waals surface area contributed by atoms with E-state index in [1.165, 1.54) is 6.42 Å². The molecule has 3 amide bonds. The number of rotatable bonds is 6. The van der Waals surface area contributed by atoms with Crippen molar-refractivity contribution < 1.29 is 14.3 Å². The molecule has 1 aromatic rings. The Hall–Kier alpha value is -2.08. The molecule has 1 heterocycles. The number of anilines is 1. The monoisotopic (exact) mass is 347 g/mol. The molecule has 138 valence electrons. The number of nitrogens with zero attached hydrogens (tertiary/aromatic N) is 1. The fourth-order valence-corrected chi connectivity index (χ4v) is 3.09. The van der Waals surface area contributed by atoms with Gasteiger partial charge in [-0.2, -0.15) is 0 Å². The van der Waals surface area contributed by atoms with Crippen molar-refractivity contribution in [2.75, 3.05) is 32.1 Å². The topological polar surface area (TPSA) is 70.7 Å². The average molecular weight is 347 g/mol. The van der Waals surface area contributed by atoms with E-state index in [9.17, 15) is 9.59 Å². The highest BCUT2D eigenvalue weighted by Gasteiger charge is 2.24. The molecule has 2 N–H and O–H groups in total. The molecular formula is C19H29N3O3. The first-order valence-corrected chi connectivity index (χ1v) is 8.98. The number of methoxy groups -OCH3 is 1. The second kappa shape index (κ2) is 9.42. The lowest BCUT2D eigenvalue weighted by Gasteiger charge is -2.33. The number of hydrogen-bond acceptors (Lipinski definition) is 3. The van der Waals surface area contributed by atoms with Gasteiger partial charge in [0.15, 0.2) is 0 Å². The number of likely N-dealkylation sites (tertiary alicyclic amines) is 1. The van der Waals surface area contributed by atoms with Crippen LogP contribution in [0, 0.1) is 6.92 Å². The van der Waals surface area contributed by atoms with E-state index in [0.29, 0.717) is 24.4 Å². The number of carbonyl (C=O) groups excluding carboxylic acids is 2. The van der Waals surface area contributed by atoms with E-state index >= 15 is 0 Å². The molecule has 1 aliphatic heterocycles. The molecule has 0 aromatic heterocycles. The highest BCUT2D eigenvalue weighted by molar-refractivity contribution is 5.96. The summed E-state index contributed by atoms with van der Waals surface area (Å²) in [6.07, 6.45) is 4.09. The number of urea groups is 1. The lowest BCUT2D eigenvalue weighted by molar-refractivity contribution is 0.0635. The first-order valence-electron chi connectivity index (χ1n) is 8.98. The van der Waals surface area contributed by atoms with Crippen LogP contribution in [0.4, 0.5) is 10.5 Å². The summed E-state index contributed by atoms with van der Waals surface area (Å²) >= 11 is 0. The van der Waals surface area contributed by atoms with E-state index < -0.39 is 0 Å². The third kappa shape index (κ3) is 5.46. The number of nitrogens with one attached hydrogen (secondary N) is 2. The predicted octanol–water partition coefficient (Wildman–Crippen LogP) is 3.17. The molecule has 0 spiro atoms. The zero-order valence-electron chi connectivity index (χ0n) is 15.4. The standard InChI is InChI=1S/C19H29N3O3/c1-14-13-16(18(23)22-11-5-4-7-15(22)2)8-9-17(14)21-19(24)20-10-6-12-25-3/h8-9,13,15H,4-7,10-12H2,1-3H3,(H2,20,21,24)/t15-/m1/s1. The SMILES string of the molecule is COCCCNC(=O)Nc1ccc(C(=O)N2CCCC[C@H]2C)cc1C. The van der Waals surface area contributed by atoms with Crippen LogP contribution in [-0.2, 0) is 4.74 Å². The van der Waals surface area contributed by atoms with Crippen LogP contribution in [0.2, 0.25) is 0 Å². The van der Waals surface area contributed by atoms with Crippen LogP contribution in [0.15, 0.2) is 18.2 Å². The van der Waals surface area contributed by atoms with Crippen molar-refractivity contribution in [2.24, 2.45) is 0 Å². The van der Waals surface area contributed by atoms with Crippen molar-refractivity contribution in [3.63, 3.8) is 0 Å². The highest BCUT2D eigenvalue weighted by atomic mass is 16.5. The fourth-order valence-electron chi connectivity index (χ4n) is 3.09. The molecule has 0 radical (unpaired) electrons. The largest absolute Gasteiger partial charge is 0.385 e. The van der Waals surface area contributed by atoms with Crippen molar-refractivity contribution in [1.29, 1.82) is 0 Å². The third-order valence-electron chi connectivity index (χ3n) is 4.60. The molecule has 6 heteroatoms. The summed E-state index contributed by atoms with van der Waals surface area (Å²) in [7, 11) is 1.64. The number of benzene rings is 1. The molecule has 0 unspecified atom stereocenters. The van der Waals surface area contributed by atoms with Crippen molar-refractivity contribution in [3.05, 3.63) is 29.3 Å². The minimum Gasteiger partial charge on any atom is -0.385 e. The maximum absolute atomic E-state index is 12.7. The number of aryl methyl sites for hydroxylation is 1. The Labute approximate surface area is 149 Å². The minimum atomic E-state index is -0.247. The number of amides is 3. The van der Waals surface area contributed by atoms with Gasteiger partial charge in [0.25, 0.3) is 5.91 Å². The Kier molecular flexibility index (Phi) is 7.25. The summed E-state index contributed by atoms with van der Waals surface area (Å²) in [5.74, 6) is 0.0749. The van der Waals surface area contributed by atoms with Gasteiger partial charge in [-0.3, -0.25) is 4.79 Å². The van der Waals surface area contributed by atoms with Gasteiger partial charge in [0, 0.05) is 44.1 Å². The van der Waals surface area contributed by atoms with E-state index in [1.54, 1.807) is 19.2 Å². The van der Waals surface area contributed by atoms with E-state index in [1.807, 2.05) is 17.9 Å². The molecule has 1 aromatic carbocycles. The Morgan fingerprint density at radius 1 is 1.32 bits per heavy atom. The molecule has 0 bridgehead atoms. The summed E-state index contributed by atoms with van der Waals surface area (Å²) in [5.41, 5.74) is 2.27. The summed E-state index contributed by atoms with van der Waals surface area (Å²) in [6.45, 7) is 6.00. The van der Waals surface area contributed by atoms with Crippen LogP contribution in [0.1, 0.15) is 48.5 Å². The smallest absolute Gasteiger partial charge is 0.319 e. The normalized spacial score (nSPS) is 17.2. The number of hydrogen-bond donors (Lipinski definition) is 2. The van der Waals surface area contributed by atoms with Gasteiger partial charge in [-0.1, -0.05) is 0 Å². The van der Waals surface area contributed by atoms with Gasteiger partial charge in [0.05, 0.1) is 0 Å². The Morgan fingerprint density at radius 2 is 2.12 bits per heavy atom. The molecule has 0 aliphatic carbocycles. The van der Waals surface area contributed by atoms with Crippen molar-refractivity contribution in [1.82, 2.24) is 10.2 Å². The zero-order valence-corrected chi connectivity index (χ0v) is 15.4. The predicted molar refractivity (Wildman–Crippen MR) is 99.0 cm³/mol. The van der Waals surface area contributed by atoms with Gasteiger partial charge < -0.3 is 20.3 Å². The second-order valence-electron chi connectivity index (χ2n) is 6.60. The molecule has 6 nitrogen and oxygen atoms in total. The quantitative estimate of drug-likeness (QED) is 0.777. The molecule has 1 aliphatic rings. The van der Waals surface area contributed by atoms with E-state index in [0.717, 1.165) is 31.4 Å². The van der Waals surface area contributed by atoms with Gasteiger partial charge in [0.2, 0.25) is 0 Å². The Bertz CT molecular complexity index is 604. The third-order valence-corrected chi connectivity index (χ3v) is 4.60. The van der Waals surface area contributed by atoms with Gasteiger partial charge in [-0.05, 0) is 63.3 Å². The average Bonchev–Trinajstić information content (AvgIpc) is 2.60. The summed E-state index contributed by atoms with van der Waals surface area (Å²) in [5, 5.41) is 5.61. The van der Waals surface area contributed by atoms with Crippen LogP contribution >= 0.6 is 0 Å². The highest BCUT2D eigenvalue weighted by Crippen LogP contribution is 2.22. The summed E-state index contributed by atoms with van der Waals surface area (Å²) < 4.78 is 4.95. The van der Waals surface area contributed by atoms with Crippen LogP contribution in [0.5, 0.6) is 0 Å². The molecule has 2 rings (SSSR count). The van der Waals surface area contributed by atoms with Gasteiger partial charge >= 0.3 is 6.03 Å². The lowest BCUT2D eigenvalue weighted by Crippen LogP contribution is -2.42. The number of ether oxygens (including phenoxy) is 1. The van der Waals surface area contributed by atoms with Crippen molar-refractivity contribution in [3.8, 4) is 0 Å². The van der Waals surface area contributed by atoms with Gasteiger partial charge in [-0.15, -0.1) is 0 Å². The van der Waals surface area contributed by atoms with Crippen molar-refractivity contribution >= 4 is 17.6 Å². The van der Waals surface area contributed by atoms with Crippen LogP contribution in [0.3, 0.4) is 0 Å².